The Hall–Kier alpha value is -2.89. The highest BCUT2D eigenvalue weighted by Gasteiger charge is 2.28. The molecule has 6 heteroatoms. The zero-order valence-corrected chi connectivity index (χ0v) is 16.3. The first-order chi connectivity index (χ1) is 14.1. The number of halogens is 1. The molecule has 2 aliphatic heterocycles. The van der Waals surface area contributed by atoms with Crippen molar-refractivity contribution in [2.45, 2.75) is 25.7 Å². The Kier molecular flexibility index (Phi) is 5.79. The minimum Gasteiger partial charge on any atom is -0.493 e. The molecule has 0 saturated carbocycles. The van der Waals surface area contributed by atoms with Crippen molar-refractivity contribution in [2.24, 2.45) is 5.92 Å². The molecule has 29 heavy (non-hydrogen) atoms. The SMILES string of the molecule is O=C(NCCc1ccccc1F)C1CCN(C(=O)c2ccc3c(c2)CCO3)CC1. The summed E-state index contributed by atoms with van der Waals surface area (Å²) < 4.78 is 19.1. The summed E-state index contributed by atoms with van der Waals surface area (Å²) in [5.41, 5.74) is 2.37. The van der Waals surface area contributed by atoms with Gasteiger partial charge in [-0.05, 0) is 54.7 Å². The maximum absolute atomic E-state index is 13.6. The number of rotatable bonds is 5. The standard InChI is InChI=1S/C23H25FN2O3/c24-20-4-2-1-3-16(20)7-11-25-22(27)17-8-12-26(13-9-17)23(28)19-5-6-21-18(15-19)10-14-29-21/h1-6,15,17H,7-14H2,(H,25,27). The predicted octanol–water partition coefficient (Wildman–Crippen LogP) is 2.97. The average Bonchev–Trinajstić information content (AvgIpc) is 3.22. The van der Waals surface area contributed by atoms with Crippen molar-refractivity contribution in [3.8, 4) is 5.75 Å². The number of amides is 2. The summed E-state index contributed by atoms with van der Waals surface area (Å²) in [5, 5.41) is 2.91. The monoisotopic (exact) mass is 396 g/mol. The number of hydrogen-bond donors (Lipinski definition) is 1. The van der Waals surface area contributed by atoms with Crippen LogP contribution < -0.4 is 10.1 Å². The molecule has 2 aliphatic rings. The minimum absolute atomic E-state index is 0.0110. The second-order valence-corrected chi connectivity index (χ2v) is 7.62. The number of fused-ring (bicyclic) bond motifs is 1. The molecule has 0 atom stereocenters. The lowest BCUT2D eigenvalue weighted by atomic mass is 9.95. The molecule has 2 aromatic rings. The van der Waals surface area contributed by atoms with Crippen molar-refractivity contribution < 1.29 is 18.7 Å². The summed E-state index contributed by atoms with van der Waals surface area (Å²) in [6.45, 7) is 2.22. The van der Waals surface area contributed by atoms with E-state index in [1.807, 2.05) is 23.1 Å². The molecule has 1 saturated heterocycles. The number of nitrogens with one attached hydrogen (secondary N) is 1. The Bertz CT molecular complexity index is 907. The molecule has 0 unspecified atom stereocenters. The van der Waals surface area contributed by atoms with Crippen molar-refractivity contribution in [1.82, 2.24) is 10.2 Å². The van der Waals surface area contributed by atoms with Gasteiger partial charge in [0.1, 0.15) is 11.6 Å². The molecule has 0 spiro atoms. The van der Waals surface area contributed by atoms with E-state index in [1.54, 1.807) is 18.2 Å². The predicted molar refractivity (Wildman–Crippen MR) is 107 cm³/mol. The van der Waals surface area contributed by atoms with Gasteiger partial charge in [0.25, 0.3) is 5.91 Å². The largest absolute Gasteiger partial charge is 0.493 e. The maximum Gasteiger partial charge on any atom is 0.253 e. The number of hydrogen-bond acceptors (Lipinski definition) is 3. The number of carbonyl (C=O) groups excluding carboxylic acids is 2. The molecule has 1 fully saturated rings. The first-order valence-corrected chi connectivity index (χ1v) is 10.2. The lowest BCUT2D eigenvalue weighted by molar-refractivity contribution is -0.126. The van der Waals surface area contributed by atoms with Gasteiger partial charge in [-0.15, -0.1) is 0 Å². The fourth-order valence-corrected chi connectivity index (χ4v) is 4.01. The Morgan fingerprint density at radius 1 is 1.14 bits per heavy atom. The third kappa shape index (κ3) is 4.42. The number of ether oxygens (including phenoxy) is 1. The number of likely N-dealkylation sites (tertiary alicyclic amines) is 1. The number of benzene rings is 2. The minimum atomic E-state index is -0.244. The molecular formula is C23H25FN2O3. The summed E-state index contributed by atoms with van der Waals surface area (Å²) in [4.78, 5) is 27.0. The van der Waals surface area contributed by atoms with E-state index < -0.39 is 0 Å². The zero-order valence-electron chi connectivity index (χ0n) is 16.3. The van der Waals surface area contributed by atoms with Gasteiger partial charge in [-0.3, -0.25) is 9.59 Å². The van der Waals surface area contributed by atoms with Crippen LogP contribution in [0, 0.1) is 11.7 Å². The van der Waals surface area contributed by atoms with Crippen molar-refractivity contribution in [1.29, 1.82) is 0 Å². The lowest BCUT2D eigenvalue weighted by Crippen LogP contribution is -2.43. The Morgan fingerprint density at radius 3 is 2.72 bits per heavy atom. The van der Waals surface area contributed by atoms with Gasteiger partial charge in [0.15, 0.2) is 0 Å². The maximum atomic E-state index is 13.6. The highest BCUT2D eigenvalue weighted by Crippen LogP contribution is 2.27. The van der Waals surface area contributed by atoms with Gasteiger partial charge in [-0.1, -0.05) is 18.2 Å². The Morgan fingerprint density at radius 2 is 1.93 bits per heavy atom. The second kappa shape index (κ2) is 8.64. The molecule has 0 aliphatic carbocycles. The molecule has 4 rings (SSSR count). The van der Waals surface area contributed by atoms with Gasteiger partial charge in [0, 0.05) is 37.5 Å². The van der Waals surface area contributed by atoms with Crippen LogP contribution in [0.2, 0.25) is 0 Å². The zero-order chi connectivity index (χ0) is 20.2. The summed E-state index contributed by atoms with van der Waals surface area (Å²) in [6, 6.07) is 12.2. The van der Waals surface area contributed by atoms with E-state index in [4.69, 9.17) is 4.74 Å². The topological polar surface area (TPSA) is 58.6 Å². The fraction of sp³-hybridized carbons (Fsp3) is 0.391. The van der Waals surface area contributed by atoms with Gasteiger partial charge in [-0.25, -0.2) is 4.39 Å². The van der Waals surface area contributed by atoms with Crippen molar-refractivity contribution in [3.05, 3.63) is 65.0 Å². The van der Waals surface area contributed by atoms with Crippen LogP contribution in [0.4, 0.5) is 4.39 Å². The van der Waals surface area contributed by atoms with Crippen LogP contribution in [0.25, 0.3) is 0 Å². The normalized spacial score (nSPS) is 16.2. The molecule has 2 aromatic carbocycles. The van der Waals surface area contributed by atoms with Crippen LogP contribution >= 0.6 is 0 Å². The Labute approximate surface area is 169 Å². The van der Waals surface area contributed by atoms with E-state index in [9.17, 15) is 14.0 Å². The van der Waals surface area contributed by atoms with Gasteiger partial charge < -0.3 is 15.0 Å². The van der Waals surface area contributed by atoms with Gasteiger partial charge in [0.2, 0.25) is 5.91 Å². The van der Waals surface area contributed by atoms with Crippen molar-refractivity contribution in [3.63, 3.8) is 0 Å². The summed E-state index contributed by atoms with van der Waals surface area (Å²) in [7, 11) is 0. The van der Waals surface area contributed by atoms with E-state index in [1.165, 1.54) is 6.07 Å². The van der Waals surface area contributed by atoms with Crippen molar-refractivity contribution in [2.75, 3.05) is 26.2 Å². The number of piperidine rings is 1. The molecule has 2 heterocycles. The van der Waals surface area contributed by atoms with Crippen LogP contribution in [-0.4, -0.2) is 43.0 Å². The summed E-state index contributed by atoms with van der Waals surface area (Å²) >= 11 is 0. The summed E-state index contributed by atoms with van der Waals surface area (Å²) in [5.74, 6) is 0.522. The average molecular weight is 396 g/mol. The van der Waals surface area contributed by atoms with Gasteiger partial charge in [0.05, 0.1) is 6.61 Å². The van der Waals surface area contributed by atoms with Crippen LogP contribution in [-0.2, 0) is 17.6 Å². The molecule has 0 aromatic heterocycles. The van der Waals surface area contributed by atoms with Crippen LogP contribution in [0.3, 0.4) is 0 Å². The van der Waals surface area contributed by atoms with Crippen LogP contribution in [0.5, 0.6) is 5.75 Å². The molecule has 2 amide bonds. The first kappa shape index (κ1) is 19.4. The Balaban J connectivity index is 1.25. The highest BCUT2D eigenvalue weighted by molar-refractivity contribution is 5.95. The van der Waals surface area contributed by atoms with Crippen LogP contribution in [0.15, 0.2) is 42.5 Å². The molecular weight excluding hydrogens is 371 g/mol. The second-order valence-electron chi connectivity index (χ2n) is 7.62. The molecule has 0 bridgehead atoms. The third-order valence-electron chi connectivity index (χ3n) is 5.74. The van der Waals surface area contributed by atoms with E-state index in [0.29, 0.717) is 56.6 Å². The van der Waals surface area contributed by atoms with Gasteiger partial charge in [-0.2, -0.15) is 0 Å². The quantitative estimate of drug-likeness (QED) is 0.845. The molecule has 5 nitrogen and oxygen atoms in total. The van der Waals surface area contributed by atoms with Crippen LogP contribution in [0.1, 0.15) is 34.3 Å². The highest BCUT2D eigenvalue weighted by atomic mass is 19.1. The summed E-state index contributed by atoms with van der Waals surface area (Å²) in [6.07, 6.45) is 2.60. The van der Waals surface area contributed by atoms with E-state index in [2.05, 4.69) is 5.32 Å². The van der Waals surface area contributed by atoms with E-state index in [-0.39, 0.29) is 23.5 Å². The van der Waals surface area contributed by atoms with E-state index >= 15 is 0 Å². The number of nitrogens with zero attached hydrogens (tertiary/aromatic N) is 1. The third-order valence-corrected chi connectivity index (χ3v) is 5.74. The fourth-order valence-electron chi connectivity index (χ4n) is 4.01. The molecule has 1 N–H and O–H groups in total. The molecule has 152 valence electrons. The first-order valence-electron chi connectivity index (χ1n) is 10.2. The lowest BCUT2D eigenvalue weighted by Gasteiger charge is -2.31. The van der Waals surface area contributed by atoms with Crippen molar-refractivity contribution >= 4 is 11.8 Å². The van der Waals surface area contributed by atoms with Gasteiger partial charge >= 0.3 is 0 Å². The molecule has 0 radical (unpaired) electrons. The van der Waals surface area contributed by atoms with E-state index in [0.717, 1.165) is 17.7 Å². The number of carbonyl (C=O) groups is 2. The smallest absolute Gasteiger partial charge is 0.253 e.